The molecule has 0 saturated carbocycles. The Morgan fingerprint density at radius 1 is 1.44 bits per heavy atom. The Labute approximate surface area is 115 Å². The van der Waals surface area contributed by atoms with Gasteiger partial charge < -0.3 is 5.32 Å². The van der Waals surface area contributed by atoms with E-state index in [9.17, 15) is 8.42 Å². The lowest BCUT2D eigenvalue weighted by Gasteiger charge is -2.39. The Balaban J connectivity index is 2.01. The third kappa shape index (κ3) is 3.62. The van der Waals surface area contributed by atoms with Crippen LogP contribution in [0.2, 0.25) is 0 Å². The van der Waals surface area contributed by atoms with Gasteiger partial charge in [-0.3, -0.25) is 4.90 Å². The molecule has 2 fully saturated rings. The molecule has 2 aliphatic heterocycles. The van der Waals surface area contributed by atoms with Crippen LogP contribution in [0.1, 0.15) is 13.3 Å². The molecule has 3 atom stereocenters. The van der Waals surface area contributed by atoms with Crippen LogP contribution < -0.4 is 5.32 Å². The smallest absolute Gasteiger partial charge is 0.164 e. The molecule has 0 spiro atoms. The van der Waals surface area contributed by atoms with E-state index in [0.717, 1.165) is 37.7 Å². The van der Waals surface area contributed by atoms with Crippen molar-refractivity contribution in [1.29, 1.82) is 0 Å². The second-order valence-corrected chi connectivity index (χ2v) is 8.94. The molecule has 0 bridgehead atoms. The molecule has 6 heteroatoms. The first-order valence-electron chi connectivity index (χ1n) is 6.70. The Bertz CT molecular complexity index is 372. The molecule has 0 aromatic carbocycles. The van der Waals surface area contributed by atoms with Gasteiger partial charge in [0.25, 0.3) is 0 Å². The fraction of sp³-hybridized carbons (Fsp3) is 1.00. The zero-order valence-electron chi connectivity index (χ0n) is 11.3. The Hall–Kier alpha value is 0.220. The largest absolute Gasteiger partial charge is 0.316 e. The van der Waals surface area contributed by atoms with Crippen molar-refractivity contribution in [2.75, 3.05) is 43.9 Å². The standard InChI is InChI=1S/C12H24N2O2S2/c1-10-7-13-4-3-11(10)8-14-5-6-17-9-12(14)18(2,15)16/h10-13H,3-9H2,1-2H3. The maximum absolute atomic E-state index is 11.9. The number of hydrogen-bond donors (Lipinski definition) is 1. The van der Waals surface area contributed by atoms with Gasteiger partial charge in [0.05, 0.1) is 0 Å². The van der Waals surface area contributed by atoms with Gasteiger partial charge in [-0.15, -0.1) is 0 Å². The molecule has 0 amide bonds. The maximum atomic E-state index is 11.9. The van der Waals surface area contributed by atoms with Crippen molar-refractivity contribution < 1.29 is 8.42 Å². The summed E-state index contributed by atoms with van der Waals surface area (Å²) in [4.78, 5) is 2.21. The third-order valence-corrected chi connectivity index (χ3v) is 6.80. The summed E-state index contributed by atoms with van der Waals surface area (Å²) < 4.78 is 23.7. The van der Waals surface area contributed by atoms with E-state index in [1.807, 2.05) is 0 Å². The van der Waals surface area contributed by atoms with Crippen LogP contribution in [0.4, 0.5) is 0 Å². The van der Waals surface area contributed by atoms with Gasteiger partial charge in [-0.1, -0.05) is 6.92 Å². The highest BCUT2D eigenvalue weighted by Crippen LogP contribution is 2.25. The van der Waals surface area contributed by atoms with E-state index in [2.05, 4.69) is 17.1 Å². The van der Waals surface area contributed by atoms with E-state index in [0.29, 0.717) is 11.8 Å². The van der Waals surface area contributed by atoms with Crippen molar-refractivity contribution in [2.24, 2.45) is 11.8 Å². The minimum absolute atomic E-state index is 0.265. The maximum Gasteiger partial charge on any atom is 0.164 e. The van der Waals surface area contributed by atoms with Gasteiger partial charge in [0.2, 0.25) is 0 Å². The van der Waals surface area contributed by atoms with E-state index in [1.54, 1.807) is 11.8 Å². The molecule has 106 valence electrons. The van der Waals surface area contributed by atoms with Crippen LogP contribution in [-0.2, 0) is 9.84 Å². The summed E-state index contributed by atoms with van der Waals surface area (Å²) in [5.41, 5.74) is 0. The quantitative estimate of drug-likeness (QED) is 0.828. The van der Waals surface area contributed by atoms with E-state index in [-0.39, 0.29) is 5.37 Å². The third-order valence-electron chi connectivity index (χ3n) is 4.12. The summed E-state index contributed by atoms with van der Waals surface area (Å²) in [6, 6.07) is 0. The van der Waals surface area contributed by atoms with Crippen molar-refractivity contribution in [3.63, 3.8) is 0 Å². The molecule has 0 aromatic heterocycles. The normalized spacial score (nSPS) is 35.6. The van der Waals surface area contributed by atoms with Crippen LogP contribution in [0.5, 0.6) is 0 Å². The molecular formula is C12H24N2O2S2. The predicted molar refractivity (Wildman–Crippen MR) is 77.7 cm³/mol. The SMILES string of the molecule is CC1CNCCC1CN1CCSCC1S(C)(=O)=O. The van der Waals surface area contributed by atoms with Crippen molar-refractivity contribution in [3.8, 4) is 0 Å². The highest BCUT2D eigenvalue weighted by Gasteiger charge is 2.33. The van der Waals surface area contributed by atoms with Crippen LogP contribution in [0.25, 0.3) is 0 Å². The molecule has 2 saturated heterocycles. The van der Waals surface area contributed by atoms with Gasteiger partial charge >= 0.3 is 0 Å². The molecule has 3 unspecified atom stereocenters. The van der Waals surface area contributed by atoms with E-state index >= 15 is 0 Å². The van der Waals surface area contributed by atoms with Crippen LogP contribution in [0.3, 0.4) is 0 Å². The highest BCUT2D eigenvalue weighted by atomic mass is 32.2. The predicted octanol–water partition coefficient (Wildman–Crippen LogP) is 0.652. The molecular weight excluding hydrogens is 268 g/mol. The first-order valence-corrected chi connectivity index (χ1v) is 9.81. The Morgan fingerprint density at radius 2 is 2.22 bits per heavy atom. The summed E-state index contributed by atoms with van der Waals surface area (Å²) in [6.07, 6.45) is 2.55. The summed E-state index contributed by atoms with van der Waals surface area (Å²) in [5.74, 6) is 3.08. The van der Waals surface area contributed by atoms with Gasteiger partial charge in [0.15, 0.2) is 9.84 Å². The van der Waals surface area contributed by atoms with Gasteiger partial charge in [-0.2, -0.15) is 11.8 Å². The number of sulfone groups is 1. The zero-order valence-corrected chi connectivity index (χ0v) is 12.9. The monoisotopic (exact) mass is 292 g/mol. The second-order valence-electron chi connectivity index (χ2n) is 5.58. The van der Waals surface area contributed by atoms with Crippen molar-refractivity contribution in [3.05, 3.63) is 0 Å². The van der Waals surface area contributed by atoms with Gasteiger partial charge in [-0.05, 0) is 31.3 Å². The van der Waals surface area contributed by atoms with Crippen molar-refractivity contribution >= 4 is 21.6 Å². The number of hydrogen-bond acceptors (Lipinski definition) is 5. The molecule has 0 aromatic rings. The van der Waals surface area contributed by atoms with E-state index < -0.39 is 9.84 Å². The summed E-state index contributed by atoms with van der Waals surface area (Å²) in [7, 11) is -2.95. The number of thioether (sulfide) groups is 1. The lowest BCUT2D eigenvalue weighted by Crippen LogP contribution is -2.51. The van der Waals surface area contributed by atoms with Crippen LogP contribution in [0, 0.1) is 11.8 Å². The zero-order chi connectivity index (χ0) is 13.2. The first kappa shape index (κ1) is 14.6. The average molecular weight is 292 g/mol. The summed E-state index contributed by atoms with van der Waals surface area (Å²) in [6.45, 7) is 6.27. The Morgan fingerprint density at radius 3 is 2.89 bits per heavy atom. The molecule has 1 N–H and O–H groups in total. The van der Waals surface area contributed by atoms with E-state index in [1.165, 1.54) is 12.7 Å². The summed E-state index contributed by atoms with van der Waals surface area (Å²) in [5, 5.41) is 3.14. The van der Waals surface area contributed by atoms with Crippen LogP contribution in [0.15, 0.2) is 0 Å². The lowest BCUT2D eigenvalue weighted by molar-refractivity contribution is 0.165. The van der Waals surface area contributed by atoms with Crippen molar-refractivity contribution in [2.45, 2.75) is 18.7 Å². The number of rotatable bonds is 3. The minimum atomic E-state index is -2.95. The average Bonchev–Trinajstić information content (AvgIpc) is 2.31. The van der Waals surface area contributed by atoms with Crippen molar-refractivity contribution in [1.82, 2.24) is 10.2 Å². The molecule has 2 heterocycles. The summed E-state index contributed by atoms with van der Waals surface area (Å²) >= 11 is 1.76. The van der Waals surface area contributed by atoms with Gasteiger partial charge in [-0.25, -0.2) is 8.42 Å². The fourth-order valence-corrected chi connectivity index (χ4v) is 5.81. The number of nitrogens with one attached hydrogen (secondary N) is 1. The topological polar surface area (TPSA) is 49.4 Å². The molecule has 2 aliphatic rings. The molecule has 0 aliphatic carbocycles. The van der Waals surface area contributed by atoms with E-state index in [4.69, 9.17) is 0 Å². The number of piperidine rings is 1. The molecule has 0 radical (unpaired) electrons. The first-order chi connectivity index (χ1) is 8.48. The molecule has 18 heavy (non-hydrogen) atoms. The Kier molecular flexibility index (Phi) is 4.97. The van der Waals surface area contributed by atoms with Gasteiger partial charge in [0, 0.05) is 30.9 Å². The van der Waals surface area contributed by atoms with Crippen LogP contribution >= 0.6 is 11.8 Å². The minimum Gasteiger partial charge on any atom is -0.316 e. The molecule has 4 nitrogen and oxygen atoms in total. The highest BCUT2D eigenvalue weighted by molar-refractivity contribution is 8.00. The van der Waals surface area contributed by atoms with Gasteiger partial charge in [0.1, 0.15) is 5.37 Å². The van der Waals surface area contributed by atoms with Crippen LogP contribution in [-0.4, -0.2) is 62.6 Å². The lowest BCUT2D eigenvalue weighted by atomic mass is 9.87. The number of nitrogens with zero attached hydrogens (tertiary/aromatic N) is 1. The molecule has 2 rings (SSSR count). The second kappa shape index (κ2) is 6.11. The fourth-order valence-electron chi connectivity index (χ4n) is 2.86.